The Bertz CT molecular complexity index is 628. The molecule has 0 aliphatic carbocycles. The Morgan fingerprint density at radius 3 is 2.80 bits per heavy atom. The topological polar surface area (TPSA) is 74.2 Å². The summed E-state index contributed by atoms with van der Waals surface area (Å²) in [6, 6.07) is 5.62. The normalized spacial score (nSPS) is 15.8. The first-order chi connectivity index (χ1) is 9.45. The predicted octanol–water partition coefficient (Wildman–Crippen LogP) is 2.35. The number of nitrogens with two attached hydrogens (primary N) is 1. The van der Waals surface area contributed by atoms with Gasteiger partial charge in [-0.05, 0) is 23.3 Å². The Balaban J connectivity index is 1.89. The van der Waals surface area contributed by atoms with Crippen molar-refractivity contribution in [2.75, 3.05) is 6.61 Å². The van der Waals surface area contributed by atoms with Gasteiger partial charge in [0, 0.05) is 11.8 Å². The zero-order valence-electron chi connectivity index (χ0n) is 12.0. The minimum Gasteiger partial charge on any atom is -0.493 e. The fourth-order valence-corrected chi connectivity index (χ4v) is 2.21. The van der Waals surface area contributed by atoms with Crippen LogP contribution in [-0.2, 0) is 11.8 Å². The average molecular weight is 273 g/mol. The summed E-state index contributed by atoms with van der Waals surface area (Å²) in [7, 11) is 0. The Morgan fingerprint density at radius 1 is 1.30 bits per heavy atom. The van der Waals surface area contributed by atoms with Gasteiger partial charge in [0.1, 0.15) is 5.75 Å². The van der Waals surface area contributed by atoms with Gasteiger partial charge in [-0.25, -0.2) is 0 Å². The molecule has 5 heteroatoms. The number of nitrogens with zero attached hydrogens (tertiary/aromatic N) is 2. The molecule has 0 bridgehead atoms. The molecule has 2 heterocycles. The lowest BCUT2D eigenvalue weighted by Crippen LogP contribution is -2.15. The van der Waals surface area contributed by atoms with Crippen LogP contribution in [0.4, 0.5) is 0 Å². The zero-order chi connectivity index (χ0) is 14.3. The summed E-state index contributed by atoms with van der Waals surface area (Å²) in [5, 5.41) is 4.01. The van der Waals surface area contributed by atoms with Gasteiger partial charge in [-0.3, -0.25) is 0 Å². The summed E-state index contributed by atoms with van der Waals surface area (Å²) in [6.45, 7) is 6.83. The minimum atomic E-state index is -0.374. The number of fused-ring (bicyclic) bond motifs is 1. The Labute approximate surface area is 118 Å². The molecule has 1 aromatic heterocycles. The van der Waals surface area contributed by atoms with E-state index in [4.69, 9.17) is 15.0 Å². The molecule has 0 amide bonds. The summed E-state index contributed by atoms with van der Waals surface area (Å²) >= 11 is 0. The quantitative estimate of drug-likeness (QED) is 0.909. The summed E-state index contributed by atoms with van der Waals surface area (Å²) in [4.78, 5) is 4.42. The maximum absolute atomic E-state index is 6.24. The molecule has 0 radical (unpaired) electrons. The molecule has 1 aliphatic rings. The molecule has 0 saturated heterocycles. The van der Waals surface area contributed by atoms with Crippen LogP contribution in [0, 0.1) is 0 Å². The van der Waals surface area contributed by atoms with Crippen molar-refractivity contribution in [3.8, 4) is 5.75 Å². The first kappa shape index (κ1) is 13.1. The van der Waals surface area contributed by atoms with Gasteiger partial charge in [-0.15, -0.1) is 0 Å². The standard InChI is InChI=1S/C15H19N3O2/c1-15(2,3)14-17-13(18-20-14)12(16)10-4-5-11-9(8-10)6-7-19-11/h4-5,8,12H,6-7,16H2,1-3H3. The van der Waals surface area contributed by atoms with Crippen molar-refractivity contribution < 1.29 is 9.26 Å². The summed E-state index contributed by atoms with van der Waals surface area (Å²) in [5.74, 6) is 2.07. The molecule has 1 unspecified atom stereocenters. The number of aromatic nitrogens is 2. The van der Waals surface area contributed by atoms with E-state index < -0.39 is 0 Å². The van der Waals surface area contributed by atoms with Crippen LogP contribution in [-0.4, -0.2) is 16.7 Å². The molecule has 106 valence electrons. The fourth-order valence-electron chi connectivity index (χ4n) is 2.21. The lowest BCUT2D eigenvalue weighted by atomic mass is 9.97. The first-order valence-electron chi connectivity index (χ1n) is 6.80. The summed E-state index contributed by atoms with van der Waals surface area (Å²) in [6.07, 6.45) is 0.926. The van der Waals surface area contributed by atoms with E-state index in [9.17, 15) is 0 Å². The minimum absolute atomic E-state index is 0.170. The maximum Gasteiger partial charge on any atom is 0.232 e. The zero-order valence-corrected chi connectivity index (χ0v) is 12.0. The van der Waals surface area contributed by atoms with Gasteiger partial charge in [0.2, 0.25) is 5.89 Å². The molecule has 0 fully saturated rings. The van der Waals surface area contributed by atoms with Gasteiger partial charge < -0.3 is 15.0 Å². The highest BCUT2D eigenvalue weighted by Crippen LogP contribution is 2.29. The average Bonchev–Trinajstić information content (AvgIpc) is 3.05. The lowest BCUT2D eigenvalue weighted by molar-refractivity contribution is 0.317. The second-order valence-corrected chi connectivity index (χ2v) is 6.15. The molecule has 2 aromatic rings. The molecule has 2 N–H and O–H groups in total. The molecule has 5 nitrogen and oxygen atoms in total. The van der Waals surface area contributed by atoms with Crippen molar-refractivity contribution in [2.24, 2.45) is 5.73 Å². The maximum atomic E-state index is 6.24. The molecule has 20 heavy (non-hydrogen) atoms. The van der Waals surface area contributed by atoms with Gasteiger partial charge in [-0.1, -0.05) is 32.0 Å². The van der Waals surface area contributed by atoms with E-state index in [0.717, 1.165) is 24.3 Å². The van der Waals surface area contributed by atoms with E-state index >= 15 is 0 Å². The predicted molar refractivity (Wildman–Crippen MR) is 74.7 cm³/mol. The molecule has 0 spiro atoms. The van der Waals surface area contributed by atoms with Gasteiger partial charge in [-0.2, -0.15) is 4.98 Å². The van der Waals surface area contributed by atoms with Crippen LogP contribution >= 0.6 is 0 Å². The molecular weight excluding hydrogens is 254 g/mol. The second kappa shape index (κ2) is 4.59. The van der Waals surface area contributed by atoms with Crippen LogP contribution in [0.5, 0.6) is 5.75 Å². The largest absolute Gasteiger partial charge is 0.493 e. The van der Waals surface area contributed by atoms with E-state index in [1.54, 1.807) is 0 Å². The molecule has 1 aromatic carbocycles. The molecule has 3 rings (SSSR count). The lowest BCUT2D eigenvalue weighted by Gasteiger charge is -2.11. The Hall–Kier alpha value is -1.88. The van der Waals surface area contributed by atoms with Crippen LogP contribution in [0.3, 0.4) is 0 Å². The Kier molecular flexibility index (Phi) is 3.01. The van der Waals surface area contributed by atoms with E-state index in [0.29, 0.717) is 11.7 Å². The number of rotatable bonds is 2. The third kappa shape index (κ3) is 2.29. The van der Waals surface area contributed by atoms with Crippen LogP contribution < -0.4 is 10.5 Å². The van der Waals surface area contributed by atoms with E-state index in [-0.39, 0.29) is 11.5 Å². The molecular formula is C15H19N3O2. The van der Waals surface area contributed by atoms with Crippen molar-refractivity contribution >= 4 is 0 Å². The van der Waals surface area contributed by atoms with Crippen molar-refractivity contribution in [3.05, 3.63) is 41.0 Å². The van der Waals surface area contributed by atoms with Crippen LogP contribution in [0.2, 0.25) is 0 Å². The molecule has 0 saturated carbocycles. The molecule has 1 atom stereocenters. The van der Waals surface area contributed by atoms with E-state index in [1.165, 1.54) is 5.56 Å². The first-order valence-corrected chi connectivity index (χ1v) is 6.80. The van der Waals surface area contributed by atoms with Gasteiger partial charge in [0.15, 0.2) is 5.82 Å². The highest BCUT2D eigenvalue weighted by atomic mass is 16.5. The van der Waals surface area contributed by atoms with Crippen molar-refractivity contribution in [1.82, 2.24) is 10.1 Å². The summed E-state index contributed by atoms with van der Waals surface area (Å²) < 4.78 is 10.8. The third-order valence-corrected chi connectivity index (χ3v) is 3.43. The number of hydrogen-bond donors (Lipinski definition) is 1. The fraction of sp³-hybridized carbons (Fsp3) is 0.467. The summed E-state index contributed by atoms with van der Waals surface area (Å²) in [5.41, 5.74) is 8.25. The van der Waals surface area contributed by atoms with Crippen molar-refractivity contribution in [1.29, 1.82) is 0 Å². The monoisotopic (exact) mass is 273 g/mol. The van der Waals surface area contributed by atoms with Crippen LogP contribution in [0.15, 0.2) is 22.7 Å². The number of ether oxygens (including phenoxy) is 1. The highest BCUT2D eigenvalue weighted by Gasteiger charge is 2.25. The van der Waals surface area contributed by atoms with Gasteiger partial charge >= 0.3 is 0 Å². The van der Waals surface area contributed by atoms with Crippen molar-refractivity contribution in [3.63, 3.8) is 0 Å². The highest BCUT2D eigenvalue weighted by molar-refractivity contribution is 5.41. The van der Waals surface area contributed by atoms with E-state index in [1.807, 2.05) is 32.9 Å². The van der Waals surface area contributed by atoms with Crippen LogP contribution in [0.25, 0.3) is 0 Å². The van der Waals surface area contributed by atoms with E-state index in [2.05, 4.69) is 16.2 Å². The number of hydrogen-bond acceptors (Lipinski definition) is 5. The Morgan fingerprint density at radius 2 is 2.10 bits per heavy atom. The second-order valence-electron chi connectivity index (χ2n) is 6.15. The molecule has 1 aliphatic heterocycles. The number of benzene rings is 1. The van der Waals surface area contributed by atoms with Gasteiger partial charge in [0.25, 0.3) is 0 Å². The SMILES string of the molecule is CC(C)(C)c1nc(C(N)c2ccc3c(c2)CCO3)no1. The van der Waals surface area contributed by atoms with Crippen LogP contribution in [0.1, 0.15) is 49.7 Å². The third-order valence-electron chi connectivity index (χ3n) is 3.43. The van der Waals surface area contributed by atoms with Crippen molar-refractivity contribution in [2.45, 2.75) is 38.6 Å². The van der Waals surface area contributed by atoms with Gasteiger partial charge in [0.05, 0.1) is 12.6 Å². The smallest absolute Gasteiger partial charge is 0.232 e.